The van der Waals surface area contributed by atoms with Crippen LogP contribution in [0.1, 0.15) is 51.0 Å². The number of unbranched alkanes of at least 4 members (excludes halogenated alkanes) is 5. The Morgan fingerprint density at radius 3 is 2.52 bits per heavy atom. The maximum absolute atomic E-state index is 11.8. The molecule has 4 heteroatoms. The van der Waals surface area contributed by atoms with Crippen molar-refractivity contribution in [3.8, 4) is 0 Å². The van der Waals surface area contributed by atoms with Gasteiger partial charge in [-0.25, -0.2) is 0 Å². The second-order valence-corrected chi connectivity index (χ2v) is 6.48. The van der Waals surface area contributed by atoms with Crippen LogP contribution in [0.5, 0.6) is 0 Å². The fourth-order valence-corrected chi connectivity index (χ4v) is 3.08. The standard InChI is InChI=1S/C19H28N2O2/c1-2-3-4-5-6-10-13-20-14-15-21(17-20,19(22)23)16-18-11-8-7-9-12-18/h7-9,11-12,14-15H,2-6,10,13,16-17H2,1H3/p+1. The van der Waals surface area contributed by atoms with Gasteiger partial charge >= 0.3 is 6.09 Å². The molecule has 1 heterocycles. The molecule has 1 atom stereocenters. The maximum atomic E-state index is 11.8. The highest BCUT2D eigenvalue weighted by atomic mass is 16.4. The van der Waals surface area contributed by atoms with Gasteiger partial charge in [0.05, 0.1) is 6.20 Å². The third-order valence-corrected chi connectivity index (χ3v) is 4.48. The Kier molecular flexibility index (Phi) is 6.66. The van der Waals surface area contributed by atoms with Crippen LogP contribution in [0.25, 0.3) is 0 Å². The summed E-state index contributed by atoms with van der Waals surface area (Å²) in [6.45, 7) is 4.20. The second kappa shape index (κ2) is 8.73. The van der Waals surface area contributed by atoms with Gasteiger partial charge in [-0.05, 0) is 6.42 Å². The molecule has 0 spiro atoms. The number of carbonyl (C=O) groups is 1. The molecular formula is C19H29N2O2+. The summed E-state index contributed by atoms with van der Waals surface area (Å²) in [6, 6.07) is 9.86. The Balaban J connectivity index is 1.82. The zero-order valence-corrected chi connectivity index (χ0v) is 14.2. The number of carboxylic acid groups (broad SMARTS) is 1. The molecular weight excluding hydrogens is 288 g/mol. The Bertz CT molecular complexity index is 515. The van der Waals surface area contributed by atoms with E-state index < -0.39 is 6.09 Å². The molecule has 0 aliphatic carbocycles. The smallest absolute Gasteiger partial charge is 0.435 e. The molecule has 0 radical (unpaired) electrons. The van der Waals surface area contributed by atoms with E-state index in [0.717, 1.165) is 18.5 Å². The van der Waals surface area contributed by atoms with Gasteiger partial charge in [-0.1, -0.05) is 69.4 Å². The molecule has 0 fully saturated rings. The van der Waals surface area contributed by atoms with Crippen molar-refractivity contribution >= 4 is 6.09 Å². The zero-order valence-electron chi connectivity index (χ0n) is 14.2. The van der Waals surface area contributed by atoms with Crippen LogP contribution in [0.15, 0.2) is 42.7 Å². The summed E-state index contributed by atoms with van der Waals surface area (Å²) < 4.78 is -0.0279. The van der Waals surface area contributed by atoms with Crippen LogP contribution in [0, 0.1) is 0 Å². The summed E-state index contributed by atoms with van der Waals surface area (Å²) in [5.74, 6) is 0. The molecule has 1 aromatic rings. The minimum atomic E-state index is -0.782. The first-order chi connectivity index (χ1) is 11.2. The van der Waals surface area contributed by atoms with Crippen LogP contribution in [0.3, 0.4) is 0 Å². The fraction of sp³-hybridized carbons (Fsp3) is 0.526. The van der Waals surface area contributed by atoms with Crippen molar-refractivity contribution in [2.45, 2.75) is 52.0 Å². The van der Waals surface area contributed by atoms with Crippen LogP contribution in [0.2, 0.25) is 0 Å². The third-order valence-electron chi connectivity index (χ3n) is 4.48. The predicted octanol–water partition coefficient (Wildman–Crippen LogP) is 4.79. The van der Waals surface area contributed by atoms with Crippen molar-refractivity contribution in [2.24, 2.45) is 0 Å². The lowest BCUT2D eigenvalue weighted by Crippen LogP contribution is -2.48. The number of benzene rings is 1. The lowest BCUT2D eigenvalue weighted by molar-refractivity contribution is -0.822. The van der Waals surface area contributed by atoms with Crippen molar-refractivity contribution in [1.82, 2.24) is 4.90 Å². The summed E-state index contributed by atoms with van der Waals surface area (Å²) in [5, 5.41) is 9.71. The second-order valence-electron chi connectivity index (χ2n) is 6.48. The van der Waals surface area contributed by atoms with E-state index in [-0.39, 0.29) is 4.48 Å². The number of hydrogen-bond acceptors (Lipinski definition) is 2. The van der Waals surface area contributed by atoms with E-state index in [1.165, 1.54) is 32.1 Å². The number of amides is 1. The fourth-order valence-electron chi connectivity index (χ4n) is 3.08. The Labute approximate surface area is 139 Å². The Hall–Kier alpha value is -1.81. The van der Waals surface area contributed by atoms with E-state index in [9.17, 15) is 9.90 Å². The minimum Gasteiger partial charge on any atom is -0.435 e. The van der Waals surface area contributed by atoms with E-state index in [1.54, 1.807) is 0 Å². The third kappa shape index (κ3) is 5.10. The highest BCUT2D eigenvalue weighted by Gasteiger charge is 2.40. The number of nitrogens with zero attached hydrogens (tertiary/aromatic N) is 2. The lowest BCUT2D eigenvalue weighted by Gasteiger charge is -2.27. The molecule has 126 valence electrons. The Morgan fingerprint density at radius 1 is 1.13 bits per heavy atom. The molecule has 1 unspecified atom stereocenters. The van der Waals surface area contributed by atoms with E-state index >= 15 is 0 Å². The van der Waals surface area contributed by atoms with Crippen molar-refractivity contribution < 1.29 is 14.4 Å². The van der Waals surface area contributed by atoms with Gasteiger partial charge in [0.15, 0.2) is 6.67 Å². The van der Waals surface area contributed by atoms with Crippen LogP contribution in [0.4, 0.5) is 4.79 Å². The molecule has 1 aromatic carbocycles. The summed E-state index contributed by atoms with van der Waals surface area (Å²) in [5.41, 5.74) is 1.06. The molecule has 0 bridgehead atoms. The monoisotopic (exact) mass is 317 g/mol. The van der Waals surface area contributed by atoms with Crippen molar-refractivity contribution in [1.29, 1.82) is 0 Å². The first kappa shape index (κ1) is 17.5. The first-order valence-electron chi connectivity index (χ1n) is 8.74. The van der Waals surface area contributed by atoms with E-state index in [1.807, 2.05) is 42.7 Å². The molecule has 4 nitrogen and oxygen atoms in total. The zero-order chi connectivity index (χ0) is 16.5. The number of hydrogen-bond donors (Lipinski definition) is 1. The largest absolute Gasteiger partial charge is 0.520 e. The molecule has 0 saturated carbocycles. The van der Waals surface area contributed by atoms with Gasteiger partial charge in [-0.3, -0.25) is 0 Å². The molecule has 2 rings (SSSR count). The quantitative estimate of drug-likeness (QED) is 0.526. The topological polar surface area (TPSA) is 40.5 Å². The molecule has 0 aromatic heterocycles. The lowest BCUT2D eigenvalue weighted by atomic mass is 10.1. The van der Waals surface area contributed by atoms with E-state index in [4.69, 9.17) is 0 Å². The maximum Gasteiger partial charge on any atom is 0.520 e. The van der Waals surface area contributed by atoms with Gasteiger partial charge in [0, 0.05) is 12.1 Å². The van der Waals surface area contributed by atoms with Crippen molar-refractivity contribution in [3.63, 3.8) is 0 Å². The summed E-state index contributed by atoms with van der Waals surface area (Å²) in [6.07, 6.45) is 10.6. The minimum absolute atomic E-state index is 0.0279. The van der Waals surface area contributed by atoms with Crippen LogP contribution < -0.4 is 0 Å². The van der Waals surface area contributed by atoms with E-state index in [2.05, 4.69) is 11.8 Å². The molecule has 1 aliphatic rings. The summed E-state index contributed by atoms with van der Waals surface area (Å²) in [7, 11) is 0. The van der Waals surface area contributed by atoms with Gasteiger partial charge in [0.2, 0.25) is 0 Å². The molecule has 0 saturated heterocycles. The summed E-state index contributed by atoms with van der Waals surface area (Å²) >= 11 is 0. The molecule has 1 N–H and O–H groups in total. The highest BCUT2D eigenvalue weighted by Crippen LogP contribution is 2.23. The van der Waals surface area contributed by atoms with Crippen LogP contribution in [-0.4, -0.2) is 33.8 Å². The normalized spacial score (nSPS) is 20.1. The van der Waals surface area contributed by atoms with E-state index in [0.29, 0.717) is 13.2 Å². The SMILES string of the molecule is CCCCCCCCN1C=C[N+](Cc2ccccc2)(C(=O)O)C1. The van der Waals surface area contributed by atoms with Gasteiger partial charge in [0.1, 0.15) is 12.7 Å². The molecule has 1 aliphatic heterocycles. The highest BCUT2D eigenvalue weighted by molar-refractivity contribution is 5.58. The van der Waals surface area contributed by atoms with Crippen LogP contribution >= 0.6 is 0 Å². The first-order valence-corrected chi connectivity index (χ1v) is 8.74. The molecule has 1 amide bonds. The molecule has 23 heavy (non-hydrogen) atoms. The number of quaternary nitrogens is 1. The Morgan fingerprint density at radius 2 is 1.83 bits per heavy atom. The average molecular weight is 317 g/mol. The summed E-state index contributed by atoms with van der Waals surface area (Å²) in [4.78, 5) is 14.0. The number of rotatable bonds is 9. The van der Waals surface area contributed by atoms with Crippen LogP contribution in [-0.2, 0) is 6.54 Å². The van der Waals surface area contributed by atoms with Gasteiger partial charge in [-0.2, -0.15) is 9.28 Å². The van der Waals surface area contributed by atoms with Crippen molar-refractivity contribution in [3.05, 3.63) is 48.3 Å². The van der Waals surface area contributed by atoms with Gasteiger partial charge in [0.25, 0.3) is 0 Å². The van der Waals surface area contributed by atoms with Gasteiger partial charge < -0.3 is 10.0 Å². The van der Waals surface area contributed by atoms with Crippen molar-refractivity contribution in [2.75, 3.05) is 13.2 Å². The average Bonchev–Trinajstić information content (AvgIpc) is 2.96. The predicted molar refractivity (Wildman–Crippen MR) is 92.5 cm³/mol. The van der Waals surface area contributed by atoms with Gasteiger partial charge in [-0.15, -0.1) is 0 Å².